The second-order valence-electron chi connectivity index (χ2n) is 5.22. The molecule has 1 aromatic carbocycles. The Hall–Kier alpha value is -2.48. The van der Waals surface area contributed by atoms with Gasteiger partial charge >= 0.3 is 5.97 Å². The van der Waals surface area contributed by atoms with E-state index in [2.05, 4.69) is 27.2 Å². The van der Waals surface area contributed by atoms with Crippen molar-refractivity contribution in [2.75, 3.05) is 19.0 Å². The Balaban J connectivity index is 1.73. The number of carbonyl (C=O) groups is 2. The van der Waals surface area contributed by atoms with Crippen LogP contribution in [0.1, 0.15) is 30.3 Å². The van der Waals surface area contributed by atoms with Crippen LogP contribution in [0.15, 0.2) is 24.3 Å². The molecule has 134 valence electrons. The topological polar surface area (TPSA) is 90.4 Å². The van der Waals surface area contributed by atoms with Crippen molar-refractivity contribution < 1.29 is 19.1 Å². The Labute approximate surface area is 150 Å². The van der Waals surface area contributed by atoms with Crippen molar-refractivity contribution in [2.24, 2.45) is 0 Å². The number of ether oxygens (including phenoxy) is 2. The van der Waals surface area contributed by atoms with Gasteiger partial charge in [0, 0.05) is 12.8 Å². The maximum absolute atomic E-state index is 11.7. The standard InChI is InChI=1S/C17H21N3O4S/c1-3-12-4-6-13(7-5-12)24-11-10-15-19-20-17(25-15)18-14(21)8-9-16(22)23-2/h4-7H,3,8-11H2,1-2H3,(H,18,20,21). The molecule has 1 heterocycles. The van der Waals surface area contributed by atoms with Gasteiger partial charge in [-0.1, -0.05) is 30.4 Å². The number of benzene rings is 1. The molecule has 8 heteroatoms. The molecular weight excluding hydrogens is 342 g/mol. The van der Waals surface area contributed by atoms with E-state index in [0.717, 1.165) is 17.2 Å². The van der Waals surface area contributed by atoms with Gasteiger partial charge in [0.15, 0.2) is 0 Å². The molecule has 0 spiro atoms. The normalized spacial score (nSPS) is 10.3. The highest BCUT2D eigenvalue weighted by Gasteiger charge is 2.10. The van der Waals surface area contributed by atoms with Gasteiger partial charge in [-0.3, -0.25) is 9.59 Å². The lowest BCUT2D eigenvalue weighted by atomic mass is 10.2. The van der Waals surface area contributed by atoms with Crippen LogP contribution in [-0.2, 0) is 27.2 Å². The van der Waals surface area contributed by atoms with Crippen LogP contribution in [0.2, 0.25) is 0 Å². The third-order valence-electron chi connectivity index (χ3n) is 3.41. The number of anilines is 1. The molecule has 0 saturated heterocycles. The van der Waals surface area contributed by atoms with E-state index in [4.69, 9.17) is 4.74 Å². The van der Waals surface area contributed by atoms with Crippen LogP contribution >= 0.6 is 11.3 Å². The summed E-state index contributed by atoms with van der Waals surface area (Å²) in [5, 5.41) is 11.7. The number of esters is 1. The van der Waals surface area contributed by atoms with Crippen LogP contribution < -0.4 is 10.1 Å². The average molecular weight is 363 g/mol. The summed E-state index contributed by atoms with van der Waals surface area (Å²) in [5.41, 5.74) is 1.27. The van der Waals surface area contributed by atoms with E-state index >= 15 is 0 Å². The molecule has 0 atom stereocenters. The number of rotatable bonds is 9. The molecule has 0 saturated carbocycles. The molecule has 7 nitrogen and oxygen atoms in total. The fourth-order valence-corrected chi connectivity index (χ4v) is 2.72. The predicted molar refractivity (Wildman–Crippen MR) is 94.8 cm³/mol. The van der Waals surface area contributed by atoms with E-state index in [1.54, 1.807) is 0 Å². The minimum atomic E-state index is -0.419. The molecule has 1 amide bonds. The van der Waals surface area contributed by atoms with Crippen molar-refractivity contribution in [1.82, 2.24) is 10.2 Å². The summed E-state index contributed by atoms with van der Waals surface area (Å²) >= 11 is 1.29. The van der Waals surface area contributed by atoms with E-state index < -0.39 is 5.97 Å². The smallest absolute Gasteiger partial charge is 0.306 e. The number of hydrogen-bond donors (Lipinski definition) is 1. The van der Waals surface area contributed by atoms with E-state index in [1.807, 2.05) is 24.3 Å². The van der Waals surface area contributed by atoms with Gasteiger partial charge in [-0.15, -0.1) is 10.2 Å². The summed E-state index contributed by atoms with van der Waals surface area (Å²) in [6, 6.07) is 7.99. The number of amides is 1. The van der Waals surface area contributed by atoms with Crippen LogP contribution in [0.4, 0.5) is 5.13 Å². The molecule has 0 aliphatic carbocycles. The van der Waals surface area contributed by atoms with E-state index in [1.165, 1.54) is 24.0 Å². The third kappa shape index (κ3) is 6.50. The molecule has 1 N–H and O–H groups in total. The number of aromatic nitrogens is 2. The fourth-order valence-electron chi connectivity index (χ4n) is 1.98. The van der Waals surface area contributed by atoms with Gasteiger partial charge in [0.05, 0.1) is 20.1 Å². The number of nitrogens with zero attached hydrogens (tertiary/aromatic N) is 2. The first-order valence-corrected chi connectivity index (χ1v) is 8.83. The predicted octanol–water partition coefficient (Wildman–Crippen LogP) is 2.61. The van der Waals surface area contributed by atoms with Crippen LogP contribution in [0.5, 0.6) is 5.75 Å². The van der Waals surface area contributed by atoms with Crippen LogP contribution in [0, 0.1) is 0 Å². The number of methoxy groups -OCH3 is 1. The van der Waals surface area contributed by atoms with E-state index in [0.29, 0.717) is 18.2 Å². The first kappa shape index (κ1) is 18.9. The Bertz CT molecular complexity index is 700. The highest BCUT2D eigenvalue weighted by atomic mass is 32.1. The quantitative estimate of drug-likeness (QED) is 0.689. The molecule has 2 aromatic rings. The zero-order valence-corrected chi connectivity index (χ0v) is 15.1. The van der Waals surface area contributed by atoms with Crippen molar-refractivity contribution >= 4 is 28.3 Å². The average Bonchev–Trinajstić information content (AvgIpc) is 3.07. The van der Waals surface area contributed by atoms with Gasteiger partial charge in [-0.05, 0) is 24.1 Å². The molecule has 0 bridgehead atoms. The fraction of sp³-hybridized carbons (Fsp3) is 0.412. The van der Waals surface area contributed by atoms with Gasteiger partial charge < -0.3 is 14.8 Å². The monoisotopic (exact) mass is 363 g/mol. The summed E-state index contributed by atoms with van der Waals surface area (Å²) in [4.78, 5) is 22.7. The van der Waals surface area contributed by atoms with Crippen LogP contribution in [0.25, 0.3) is 0 Å². The summed E-state index contributed by atoms with van der Waals surface area (Å²) in [7, 11) is 1.29. The van der Waals surface area contributed by atoms with Gasteiger partial charge in [-0.2, -0.15) is 0 Å². The largest absolute Gasteiger partial charge is 0.493 e. The maximum atomic E-state index is 11.7. The second kappa shape index (κ2) is 9.73. The lowest BCUT2D eigenvalue weighted by Crippen LogP contribution is -2.13. The van der Waals surface area contributed by atoms with Crippen molar-refractivity contribution in [2.45, 2.75) is 32.6 Å². The number of nitrogens with one attached hydrogen (secondary N) is 1. The van der Waals surface area contributed by atoms with Gasteiger partial charge in [-0.25, -0.2) is 0 Å². The van der Waals surface area contributed by atoms with Crippen molar-refractivity contribution in [3.05, 3.63) is 34.8 Å². The summed E-state index contributed by atoms with van der Waals surface area (Å²) in [5.74, 6) is 0.107. The molecule has 2 rings (SSSR count). The Morgan fingerprint density at radius 1 is 1.16 bits per heavy atom. The first-order chi connectivity index (χ1) is 12.1. The molecule has 0 aliphatic rings. The highest BCUT2D eigenvalue weighted by Crippen LogP contribution is 2.17. The summed E-state index contributed by atoms with van der Waals surface area (Å²) in [6.07, 6.45) is 1.70. The molecule has 0 aliphatic heterocycles. The Kier molecular flexibility index (Phi) is 7.34. The van der Waals surface area contributed by atoms with E-state index in [9.17, 15) is 9.59 Å². The zero-order valence-electron chi connectivity index (χ0n) is 14.3. The van der Waals surface area contributed by atoms with E-state index in [-0.39, 0.29) is 18.7 Å². The van der Waals surface area contributed by atoms with Gasteiger partial charge in [0.2, 0.25) is 11.0 Å². The second-order valence-corrected chi connectivity index (χ2v) is 6.28. The minimum absolute atomic E-state index is 0.0403. The molecule has 0 radical (unpaired) electrons. The Morgan fingerprint density at radius 3 is 2.60 bits per heavy atom. The van der Waals surface area contributed by atoms with Gasteiger partial charge in [0.25, 0.3) is 0 Å². The highest BCUT2D eigenvalue weighted by molar-refractivity contribution is 7.15. The molecule has 0 fully saturated rings. The lowest BCUT2D eigenvalue weighted by molar-refractivity contribution is -0.141. The first-order valence-electron chi connectivity index (χ1n) is 8.01. The Morgan fingerprint density at radius 2 is 1.92 bits per heavy atom. The minimum Gasteiger partial charge on any atom is -0.493 e. The van der Waals surface area contributed by atoms with Crippen LogP contribution in [0.3, 0.4) is 0 Å². The molecule has 1 aromatic heterocycles. The van der Waals surface area contributed by atoms with Gasteiger partial charge in [0.1, 0.15) is 10.8 Å². The van der Waals surface area contributed by atoms with Crippen LogP contribution in [-0.4, -0.2) is 35.8 Å². The SMILES string of the molecule is CCc1ccc(OCCc2nnc(NC(=O)CCC(=O)OC)s2)cc1. The lowest BCUT2D eigenvalue weighted by Gasteiger charge is -2.05. The van der Waals surface area contributed by atoms with Crippen molar-refractivity contribution in [3.63, 3.8) is 0 Å². The summed E-state index contributed by atoms with van der Waals surface area (Å²) in [6.45, 7) is 2.59. The molecular formula is C17H21N3O4S. The summed E-state index contributed by atoms with van der Waals surface area (Å²) < 4.78 is 10.2. The molecule has 0 unspecified atom stereocenters. The van der Waals surface area contributed by atoms with Crippen molar-refractivity contribution in [3.8, 4) is 5.75 Å². The number of carbonyl (C=O) groups excluding carboxylic acids is 2. The molecule has 25 heavy (non-hydrogen) atoms. The third-order valence-corrected chi connectivity index (χ3v) is 4.31. The zero-order chi connectivity index (χ0) is 18.1. The number of aryl methyl sites for hydroxylation is 1. The maximum Gasteiger partial charge on any atom is 0.306 e. The number of hydrogen-bond acceptors (Lipinski definition) is 7. The van der Waals surface area contributed by atoms with Crippen molar-refractivity contribution in [1.29, 1.82) is 0 Å².